The molecule has 2 amide bonds. The van der Waals surface area contributed by atoms with Crippen LogP contribution < -0.4 is 10.6 Å². The van der Waals surface area contributed by atoms with E-state index in [4.69, 9.17) is 5.73 Å². The average molecular weight is 377 g/mol. The number of primary amides is 1. The summed E-state index contributed by atoms with van der Waals surface area (Å²) in [4.78, 5) is 32.4. The summed E-state index contributed by atoms with van der Waals surface area (Å²) >= 11 is 0. The van der Waals surface area contributed by atoms with Gasteiger partial charge in [-0.2, -0.15) is 5.10 Å². The Hall–Kier alpha value is -3.42. The maximum absolute atomic E-state index is 12.8. The zero-order valence-electron chi connectivity index (χ0n) is 15.3. The monoisotopic (exact) mass is 377 g/mol. The van der Waals surface area contributed by atoms with E-state index in [0.717, 1.165) is 22.2 Å². The second-order valence-electron chi connectivity index (χ2n) is 6.80. The molecule has 1 aromatic carbocycles. The van der Waals surface area contributed by atoms with Crippen LogP contribution in [-0.2, 0) is 16.0 Å². The molecule has 0 saturated carbocycles. The van der Waals surface area contributed by atoms with Gasteiger partial charge in [0.05, 0.1) is 18.1 Å². The van der Waals surface area contributed by atoms with Crippen LogP contribution in [0.15, 0.2) is 48.9 Å². The molecule has 2 aromatic heterocycles. The van der Waals surface area contributed by atoms with Crippen molar-refractivity contribution < 1.29 is 9.59 Å². The Bertz CT molecular complexity index is 987. The summed E-state index contributed by atoms with van der Waals surface area (Å²) in [5, 5.41) is 7.91. The van der Waals surface area contributed by atoms with Gasteiger partial charge in [0.2, 0.25) is 11.8 Å². The van der Waals surface area contributed by atoms with E-state index in [9.17, 15) is 9.59 Å². The molecule has 1 saturated heterocycles. The summed E-state index contributed by atoms with van der Waals surface area (Å²) < 4.78 is 0. The molecule has 143 valence electrons. The molecule has 3 N–H and O–H groups in total. The minimum atomic E-state index is -0.665. The third-order valence-electron chi connectivity index (χ3n) is 5.04. The number of aromatic amines is 1. The van der Waals surface area contributed by atoms with Gasteiger partial charge in [-0.25, -0.2) is 0 Å². The van der Waals surface area contributed by atoms with Crippen molar-refractivity contribution in [3.8, 4) is 0 Å². The standard InChI is InChI=1S/C20H21N6O2/c21-20(28)18-13-25(16-5-7-22-8-6-16)9-10-26(18)19(27)4-2-14-1-3-17-15(11-14)12-23-24-17/h1,3-8,11-12,18H,2,9-10,13H2,(H2,21,28)(H,23,24). The number of hydrogen-bond donors (Lipinski definition) is 2. The number of fused-ring (bicyclic) bond motifs is 1. The maximum Gasteiger partial charge on any atom is 0.242 e. The van der Waals surface area contributed by atoms with Gasteiger partial charge in [0, 0.05) is 43.1 Å². The predicted molar refractivity (Wildman–Crippen MR) is 105 cm³/mol. The van der Waals surface area contributed by atoms with Crippen molar-refractivity contribution in [1.29, 1.82) is 0 Å². The van der Waals surface area contributed by atoms with Gasteiger partial charge in [-0.3, -0.25) is 19.7 Å². The lowest BCUT2D eigenvalue weighted by Gasteiger charge is -2.41. The van der Waals surface area contributed by atoms with E-state index in [1.54, 1.807) is 29.9 Å². The van der Waals surface area contributed by atoms with Gasteiger partial charge in [0.15, 0.2) is 0 Å². The summed E-state index contributed by atoms with van der Waals surface area (Å²) in [7, 11) is 0. The summed E-state index contributed by atoms with van der Waals surface area (Å²) in [5.41, 5.74) is 8.52. The molecule has 0 aliphatic carbocycles. The predicted octanol–water partition coefficient (Wildman–Crippen LogP) is 0.907. The van der Waals surface area contributed by atoms with Crippen molar-refractivity contribution >= 4 is 28.4 Å². The van der Waals surface area contributed by atoms with Crippen molar-refractivity contribution in [2.24, 2.45) is 5.73 Å². The van der Waals surface area contributed by atoms with Gasteiger partial charge in [0.1, 0.15) is 6.04 Å². The second-order valence-corrected chi connectivity index (χ2v) is 6.80. The number of benzene rings is 1. The summed E-state index contributed by atoms with van der Waals surface area (Å²) in [6.45, 7) is 1.44. The zero-order valence-corrected chi connectivity index (χ0v) is 15.3. The highest BCUT2D eigenvalue weighted by Crippen LogP contribution is 2.20. The molecule has 3 heterocycles. The molecule has 4 rings (SSSR count). The molecule has 1 unspecified atom stereocenters. The first kappa shape index (κ1) is 18.0. The molecular formula is C20H21N6O2. The number of carbonyl (C=O) groups excluding carboxylic acids is 2. The number of rotatable bonds is 5. The Kier molecular flexibility index (Phi) is 4.92. The molecular weight excluding hydrogens is 356 g/mol. The van der Waals surface area contributed by atoms with Crippen molar-refractivity contribution in [2.45, 2.75) is 12.5 Å². The maximum atomic E-state index is 12.8. The fourth-order valence-corrected chi connectivity index (χ4v) is 3.52. The molecule has 0 spiro atoms. The second kappa shape index (κ2) is 7.67. The van der Waals surface area contributed by atoms with Crippen LogP contribution in [0.5, 0.6) is 0 Å². The number of nitrogens with zero attached hydrogens (tertiary/aromatic N) is 4. The lowest BCUT2D eigenvalue weighted by molar-refractivity contribution is -0.137. The highest BCUT2D eigenvalue weighted by molar-refractivity contribution is 5.92. The van der Waals surface area contributed by atoms with Gasteiger partial charge in [0.25, 0.3) is 0 Å². The van der Waals surface area contributed by atoms with Crippen LogP contribution in [0.25, 0.3) is 10.9 Å². The number of piperazine rings is 1. The van der Waals surface area contributed by atoms with Crippen molar-refractivity contribution in [3.63, 3.8) is 0 Å². The SMILES string of the molecule is NC(=O)C1CN(c2ccncc2)CCN1C(=O)[CH]Cc1ccc2[nH]ncc2c1. The summed E-state index contributed by atoms with van der Waals surface area (Å²) in [5.74, 6) is -0.675. The molecule has 1 radical (unpaired) electrons. The zero-order chi connectivity index (χ0) is 19.5. The first-order chi connectivity index (χ1) is 13.6. The number of hydrogen-bond acceptors (Lipinski definition) is 5. The van der Waals surface area contributed by atoms with Crippen molar-refractivity contribution in [1.82, 2.24) is 20.1 Å². The van der Waals surface area contributed by atoms with Crippen LogP contribution >= 0.6 is 0 Å². The molecule has 8 heteroatoms. The summed E-state index contributed by atoms with van der Waals surface area (Å²) in [6.07, 6.45) is 7.25. The average Bonchev–Trinajstić information content (AvgIpc) is 3.20. The third kappa shape index (κ3) is 3.66. The number of aromatic nitrogens is 3. The number of pyridine rings is 1. The van der Waals surface area contributed by atoms with E-state index in [2.05, 4.69) is 15.2 Å². The Morgan fingerprint density at radius 1 is 1.21 bits per heavy atom. The first-order valence-corrected chi connectivity index (χ1v) is 9.12. The largest absolute Gasteiger partial charge is 0.368 e. The van der Waals surface area contributed by atoms with E-state index in [1.807, 2.05) is 35.2 Å². The minimum absolute atomic E-state index is 0.175. The number of nitrogens with two attached hydrogens (primary N) is 1. The van der Waals surface area contributed by atoms with Gasteiger partial charge < -0.3 is 15.5 Å². The van der Waals surface area contributed by atoms with E-state index in [1.165, 1.54) is 0 Å². The smallest absolute Gasteiger partial charge is 0.242 e. The number of nitrogens with one attached hydrogen (secondary N) is 1. The highest BCUT2D eigenvalue weighted by atomic mass is 16.2. The van der Waals surface area contributed by atoms with Gasteiger partial charge in [-0.05, 0) is 36.2 Å². The normalized spacial score (nSPS) is 17.1. The molecule has 3 aromatic rings. The van der Waals surface area contributed by atoms with Crippen LogP contribution in [0.1, 0.15) is 5.56 Å². The van der Waals surface area contributed by atoms with E-state index in [-0.39, 0.29) is 5.91 Å². The Morgan fingerprint density at radius 3 is 2.82 bits per heavy atom. The molecule has 1 aliphatic heterocycles. The summed E-state index contributed by atoms with van der Waals surface area (Å²) in [6, 6.07) is 8.99. The quantitative estimate of drug-likeness (QED) is 0.687. The minimum Gasteiger partial charge on any atom is -0.368 e. The number of anilines is 1. The Labute approximate surface area is 162 Å². The molecule has 1 aliphatic rings. The lowest BCUT2D eigenvalue weighted by atomic mass is 10.1. The topological polar surface area (TPSA) is 108 Å². The highest BCUT2D eigenvalue weighted by Gasteiger charge is 2.34. The lowest BCUT2D eigenvalue weighted by Crippen LogP contribution is -2.60. The van der Waals surface area contributed by atoms with Crippen molar-refractivity contribution in [3.05, 3.63) is 60.9 Å². The number of carbonyl (C=O) groups is 2. The van der Waals surface area contributed by atoms with Crippen LogP contribution in [0, 0.1) is 6.42 Å². The molecule has 1 atom stereocenters. The number of H-pyrrole nitrogens is 1. The third-order valence-corrected chi connectivity index (χ3v) is 5.04. The molecule has 0 bridgehead atoms. The van der Waals surface area contributed by atoms with Crippen LogP contribution in [0.4, 0.5) is 5.69 Å². The Balaban J connectivity index is 1.42. The first-order valence-electron chi connectivity index (χ1n) is 9.12. The van der Waals surface area contributed by atoms with Crippen LogP contribution in [0.3, 0.4) is 0 Å². The van der Waals surface area contributed by atoms with Crippen LogP contribution in [-0.4, -0.2) is 57.6 Å². The van der Waals surface area contributed by atoms with Crippen LogP contribution in [0.2, 0.25) is 0 Å². The fraction of sp³-hybridized carbons (Fsp3) is 0.250. The Morgan fingerprint density at radius 2 is 2.04 bits per heavy atom. The molecule has 1 fully saturated rings. The van der Waals surface area contributed by atoms with Gasteiger partial charge >= 0.3 is 0 Å². The van der Waals surface area contributed by atoms with Gasteiger partial charge in [-0.15, -0.1) is 0 Å². The van der Waals surface area contributed by atoms with E-state index >= 15 is 0 Å². The molecule has 28 heavy (non-hydrogen) atoms. The van der Waals surface area contributed by atoms with Gasteiger partial charge in [-0.1, -0.05) is 6.07 Å². The van der Waals surface area contributed by atoms with Crippen molar-refractivity contribution in [2.75, 3.05) is 24.5 Å². The fourth-order valence-electron chi connectivity index (χ4n) is 3.52. The number of amides is 2. The molecule has 8 nitrogen and oxygen atoms in total. The van der Waals surface area contributed by atoms with E-state index < -0.39 is 11.9 Å². The van der Waals surface area contributed by atoms with E-state index in [0.29, 0.717) is 26.1 Å².